The quantitative estimate of drug-likeness (QED) is 0.636. The number of carbonyl (C=O) groups is 1. The van der Waals surface area contributed by atoms with Crippen LogP contribution in [-0.4, -0.2) is 18.4 Å². The monoisotopic (exact) mass is 188 g/mol. The third kappa shape index (κ3) is 5.50. The Morgan fingerprint density at radius 1 is 1.15 bits per heavy atom. The second kappa shape index (κ2) is 5.84. The van der Waals surface area contributed by atoms with E-state index in [1.54, 1.807) is 0 Å². The molecule has 1 unspecified atom stereocenters. The van der Waals surface area contributed by atoms with Crippen LogP contribution in [0.1, 0.15) is 41.0 Å². The molecule has 0 aromatic heterocycles. The van der Waals surface area contributed by atoms with E-state index in [1.807, 2.05) is 34.6 Å². The topological polar surface area (TPSA) is 35.5 Å². The molecule has 0 amide bonds. The Morgan fingerprint density at radius 3 is 2.08 bits per heavy atom. The van der Waals surface area contributed by atoms with Crippen molar-refractivity contribution < 1.29 is 14.3 Å². The number of ether oxygens (including phenoxy) is 2. The van der Waals surface area contributed by atoms with Gasteiger partial charge in [0, 0.05) is 0 Å². The first-order valence-electron chi connectivity index (χ1n) is 4.84. The maximum Gasteiger partial charge on any atom is 0.508 e. The molecule has 0 aromatic rings. The first kappa shape index (κ1) is 12.3. The van der Waals surface area contributed by atoms with Crippen molar-refractivity contribution in [2.75, 3.05) is 0 Å². The normalized spacial score (nSPS) is 15.2. The number of hydrogen-bond donors (Lipinski definition) is 0. The lowest BCUT2D eigenvalue weighted by Gasteiger charge is -2.17. The number of rotatable bonds is 4. The van der Waals surface area contributed by atoms with E-state index >= 15 is 0 Å². The molecule has 0 radical (unpaired) electrons. The minimum atomic E-state index is -0.560. The van der Waals surface area contributed by atoms with Crippen LogP contribution in [0.25, 0.3) is 0 Å². The number of carbonyl (C=O) groups excluding carboxylic acids is 1. The summed E-state index contributed by atoms with van der Waals surface area (Å²) in [6.45, 7) is 9.68. The van der Waals surface area contributed by atoms with Crippen molar-refractivity contribution in [3.8, 4) is 0 Å². The van der Waals surface area contributed by atoms with Gasteiger partial charge in [0.05, 0.1) is 0 Å². The predicted molar refractivity (Wildman–Crippen MR) is 51.6 cm³/mol. The SMILES string of the molecule is CC[C@H](C)OC(=O)OC(C)C(C)C. The van der Waals surface area contributed by atoms with Gasteiger partial charge in [-0.3, -0.25) is 0 Å². The molecule has 0 saturated heterocycles. The van der Waals surface area contributed by atoms with Gasteiger partial charge in [0.25, 0.3) is 0 Å². The largest absolute Gasteiger partial charge is 0.508 e. The van der Waals surface area contributed by atoms with Crippen molar-refractivity contribution in [3.63, 3.8) is 0 Å². The van der Waals surface area contributed by atoms with E-state index in [9.17, 15) is 4.79 Å². The lowest BCUT2D eigenvalue weighted by atomic mass is 10.1. The van der Waals surface area contributed by atoms with Gasteiger partial charge in [-0.05, 0) is 26.2 Å². The van der Waals surface area contributed by atoms with Crippen LogP contribution in [0.2, 0.25) is 0 Å². The van der Waals surface area contributed by atoms with Crippen LogP contribution < -0.4 is 0 Å². The second-order valence-electron chi connectivity index (χ2n) is 3.65. The molecule has 3 nitrogen and oxygen atoms in total. The smallest absolute Gasteiger partial charge is 0.431 e. The first-order chi connectivity index (χ1) is 5.97. The van der Waals surface area contributed by atoms with E-state index in [0.29, 0.717) is 5.92 Å². The van der Waals surface area contributed by atoms with Crippen molar-refractivity contribution in [3.05, 3.63) is 0 Å². The van der Waals surface area contributed by atoms with Crippen LogP contribution in [0.5, 0.6) is 0 Å². The fourth-order valence-electron chi connectivity index (χ4n) is 0.563. The summed E-state index contributed by atoms with van der Waals surface area (Å²) >= 11 is 0. The molecule has 0 fully saturated rings. The minimum absolute atomic E-state index is 0.0631. The van der Waals surface area contributed by atoms with Gasteiger partial charge in [-0.25, -0.2) is 4.79 Å². The van der Waals surface area contributed by atoms with Crippen LogP contribution in [0.3, 0.4) is 0 Å². The summed E-state index contributed by atoms with van der Waals surface area (Å²) in [6, 6.07) is 0. The molecule has 0 aliphatic carbocycles. The molecule has 0 aliphatic rings. The van der Waals surface area contributed by atoms with Crippen molar-refractivity contribution in [1.29, 1.82) is 0 Å². The van der Waals surface area contributed by atoms with Gasteiger partial charge in [-0.2, -0.15) is 0 Å². The van der Waals surface area contributed by atoms with E-state index in [-0.39, 0.29) is 12.2 Å². The van der Waals surface area contributed by atoms with Gasteiger partial charge < -0.3 is 9.47 Å². The molecule has 0 rings (SSSR count). The summed E-state index contributed by atoms with van der Waals surface area (Å²) in [5.41, 5.74) is 0. The van der Waals surface area contributed by atoms with Gasteiger partial charge in [-0.15, -0.1) is 0 Å². The Balaban J connectivity index is 3.74. The Labute approximate surface area is 80.4 Å². The van der Waals surface area contributed by atoms with Crippen molar-refractivity contribution in [2.45, 2.75) is 53.2 Å². The molecule has 78 valence electrons. The standard InChI is InChI=1S/C10H20O3/c1-6-8(4)12-10(11)13-9(5)7(2)3/h7-9H,6H2,1-5H3/t8-,9?/m0/s1. The van der Waals surface area contributed by atoms with Gasteiger partial charge >= 0.3 is 6.16 Å². The van der Waals surface area contributed by atoms with Gasteiger partial charge in [0.15, 0.2) is 0 Å². The molecular weight excluding hydrogens is 168 g/mol. The Kier molecular flexibility index (Phi) is 5.51. The molecule has 0 N–H and O–H groups in total. The van der Waals surface area contributed by atoms with Crippen molar-refractivity contribution in [2.24, 2.45) is 5.92 Å². The van der Waals surface area contributed by atoms with Crippen LogP contribution in [0.4, 0.5) is 4.79 Å². The molecule has 2 atom stereocenters. The van der Waals surface area contributed by atoms with Gasteiger partial charge in [0.2, 0.25) is 0 Å². The fraction of sp³-hybridized carbons (Fsp3) is 0.900. The summed E-state index contributed by atoms with van der Waals surface area (Å²) in [4.78, 5) is 11.1. The summed E-state index contributed by atoms with van der Waals surface area (Å²) in [6.07, 6.45) is 0.101. The third-order valence-electron chi connectivity index (χ3n) is 2.09. The summed E-state index contributed by atoms with van der Waals surface area (Å²) < 4.78 is 9.98. The zero-order valence-electron chi connectivity index (χ0n) is 9.16. The molecule has 0 bridgehead atoms. The molecular formula is C10H20O3. The van der Waals surface area contributed by atoms with Crippen molar-refractivity contribution in [1.82, 2.24) is 0 Å². The highest BCUT2D eigenvalue weighted by atomic mass is 16.7. The van der Waals surface area contributed by atoms with Gasteiger partial charge in [-0.1, -0.05) is 20.8 Å². The van der Waals surface area contributed by atoms with Gasteiger partial charge in [0.1, 0.15) is 12.2 Å². The van der Waals surface area contributed by atoms with Crippen LogP contribution >= 0.6 is 0 Å². The first-order valence-corrected chi connectivity index (χ1v) is 4.84. The van der Waals surface area contributed by atoms with E-state index in [0.717, 1.165) is 6.42 Å². The average Bonchev–Trinajstić information content (AvgIpc) is 2.03. The minimum Gasteiger partial charge on any atom is -0.431 e. The maximum atomic E-state index is 11.1. The second-order valence-corrected chi connectivity index (χ2v) is 3.65. The highest BCUT2D eigenvalue weighted by Crippen LogP contribution is 2.07. The molecule has 0 heterocycles. The lowest BCUT2D eigenvalue weighted by Crippen LogP contribution is -2.23. The molecule has 0 aliphatic heterocycles. The zero-order chi connectivity index (χ0) is 10.4. The Hall–Kier alpha value is -0.730. The summed E-state index contributed by atoms with van der Waals surface area (Å²) in [5.74, 6) is 0.324. The molecule has 0 saturated carbocycles. The van der Waals surface area contributed by atoms with Crippen LogP contribution in [0, 0.1) is 5.92 Å². The molecule has 3 heteroatoms. The molecule has 0 aromatic carbocycles. The third-order valence-corrected chi connectivity index (χ3v) is 2.09. The van der Waals surface area contributed by atoms with Crippen molar-refractivity contribution >= 4 is 6.16 Å². The number of hydrogen-bond acceptors (Lipinski definition) is 3. The molecule has 13 heavy (non-hydrogen) atoms. The summed E-state index contributed by atoms with van der Waals surface area (Å²) in [7, 11) is 0. The fourth-order valence-corrected chi connectivity index (χ4v) is 0.563. The van der Waals surface area contributed by atoms with E-state index in [2.05, 4.69) is 0 Å². The van der Waals surface area contributed by atoms with Crippen LogP contribution in [-0.2, 0) is 9.47 Å². The van der Waals surface area contributed by atoms with Crippen LogP contribution in [0.15, 0.2) is 0 Å². The maximum absolute atomic E-state index is 11.1. The highest BCUT2D eigenvalue weighted by molar-refractivity contribution is 5.60. The van der Waals surface area contributed by atoms with E-state index in [4.69, 9.17) is 9.47 Å². The van der Waals surface area contributed by atoms with E-state index < -0.39 is 6.16 Å². The average molecular weight is 188 g/mol. The Bertz CT molecular complexity index is 154. The molecule has 0 spiro atoms. The predicted octanol–water partition coefficient (Wildman–Crippen LogP) is 2.98. The lowest BCUT2D eigenvalue weighted by molar-refractivity contribution is -0.00483. The Morgan fingerprint density at radius 2 is 1.69 bits per heavy atom. The summed E-state index contributed by atoms with van der Waals surface area (Å²) in [5, 5.41) is 0. The highest BCUT2D eigenvalue weighted by Gasteiger charge is 2.15. The zero-order valence-corrected chi connectivity index (χ0v) is 9.16. The van der Waals surface area contributed by atoms with E-state index in [1.165, 1.54) is 0 Å².